The van der Waals surface area contributed by atoms with E-state index in [2.05, 4.69) is 0 Å². The van der Waals surface area contributed by atoms with Gasteiger partial charge in [0.25, 0.3) is 0 Å². The molecule has 0 amide bonds. The summed E-state index contributed by atoms with van der Waals surface area (Å²) >= 11 is 0. The second kappa shape index (κ2) is 21.3. The summed E-state index contributed by atoms with van der Waals surface area (Å²) in [5.41, 5.74) is 0. The molecule has 1 aromatic carbocycles. The first-order chi connectivity index (χ1) is 16.6. The molecular formula is C28H46O6. The Morgan fingerprint density at radius 3 is 1.21 bits per heavy atom. The van der Waals surface area contributed by atoms with Gasteiger partial charge in [-0.15, -0.1) is 0 Å². The molecule has 0 saturated carbocycles. The minimum absolute atomic E-state index is 0.295. The van der Waals surface area contributed by atoms with Crippen LogP contribution in [-0.2, 0) is 9.59 Å². The van der Waals surface area contributed by atoms with E-state index in [0.717, 1.165) is 88.9 Å². The van der Waals surface area contributed by atoms with Gasteiger partial charge in [0.15, 0.2) is 0 Å². The molecule has 0 bridgehead atoms. The van der Waals surface area contributed by atoms with Crippen molar-refractivity contribution < 1.29 is 29.3 Å². The number of rotatable bonds is 24. The lowest BCUT2D eigenvalue weighted by molar-refractivity contribution is -0.138. The van der Waals surface area contributed by atoms with E-state index in [0.29, 0.717) is 12.8 Å². The number of carboxylic acids is 2. The zero-order chi connectivity index (χ0) is 24.7. The minimum atomic E-state index is -0.692. The lowest BCUT2D eigenvalue weighted by Crippen LogP contribution is -2.00. The smallest absolute Gasteiger partial charge is 0.303 e. The molecule has 1 rings (SSSR count). The van der Waals surface area contributed by atoms with Crippen molar-refractivity contribution in [2.75, 3.05) is 13.2 Å². The van der Waals surface area contributed by atoms with Crippen LogP contribution in [0.2, 0.25) is 0 Å². The maximum absolute atomic E-state index is 10.5. The van der Waals surface area contributed by atoms with E-state index in [9.17, 15) is 9.59 Å². The molecule has 0 aliphatic heterocycles. The van der Waals surface area contributed by atoms with Crippen LogP contribution in [0.25, 0.3) is 0 Å². The SMILES string of the molecule is O=C(O)CCCCCCCCCCOc1cccc(OCCCCCCCCCCC(=O)O)c1. The highest BCUT2D eigenvalue weighted by atomic mass is 16.5. The summed E-state index contributed by atoms with van der Waals surface area (Å²) < 4.78 is 11.7. The van der Waals surface area contributed by atoms with Crippen molar-refractivity contribution >= 4 is 11.9 Å². The van der Waals surface area contributed by atoms with Gasteiger partial charge in [-0.25, -0.2) is 0 Å². The van der Waals surface area contributed by atoms with Crippen LogP contribution in [0.5, 0.6) is 11.5 Å². The van der Waals surface area contributed by atoms with Crippen molar-refractivity contribution in [2.24, 2.45) is 0 Å². The van der Waals surface area contributed by atoms with Crippen LogP contribution in [0, 0.1) is 0 Å². The third-order valence-electron chi connectivity index (χ3n) is 5.91. The average Bonchev–Trinajstić information content (AvgIpc) is 2.81. The van der Waals surface area contributed by atoms with Crippen LogP contribution in [0.15, 0.2) is 24.3 Å². The van der Waals surface area contributed by atoms with Gasteiger partial charge in [-0.1, -0.05) is 83.1 Å². The number of benzene rings is 1. The predicted molar refractivity (Wildman–Crippen MR) is 136 cm³/mol. The van der Waals surface area contributed by atoms with Crippen molar-refractivity contribution in [1.82, 2.24) is 0 Å². The Hall–Kier alpha value is -2.24. The lowest BCUT2D eigenvalue weighted by atomic mass is 10.1. The van der Waals surface area contributed by atoms with E-state index in [1.807, 2.05) is 24.3 Å². The molecule has 0 saturated heterocycles. The Labute approximate surface area is 206 Å². The van der Waals surface area contributed by atoms with Gasteiger partial charge in [0.2, 0.25) is 0 Å². The highest BCUT2D eigenvalue weighted by Gasteiger charge is 2.01. The predicted octanol–water partition coefficient (Wildman–Crippen LogP) is 7.64. The fourth-order valence-electron chi connectivity index (χ4n) is 3.91. The van der Waals surface area contributed by atoms with E-state index < -0.39 is 11.9 Å². The molecule has 6 nitrogen and oxygen atoms in total. The van der Waals surface area contributed by atoms with Crippen LogP contribution >= 0.6 is 0 Å². The molecule has 0 aliphatic rings. The standard InChI is InChI=1S/C28H46O6/c29-27(30)20-13-9-5-1-3-7-11-15-22-33-25-18-17-19-26(24-25)34-23-16-12-8-4-2-6-10-14-21-28(31)32/h17-19,24H,1-16,20-23H2,(H,29,30)(H,31,32). The van der Waals surface area contributed by atoms with Crippen LogP contribution in [0.3, 0.4) is 0 Å². The first-order valence-electron chi connectivity index (χ1n) is 13.4. The number of carboxylic acid groups (broad SMARTS) is 2. The van der Waals surface area contributed by atoms with Crippen molar-refractivity contribution in [3.05, 3.63) is 24.3 Å². The molecule has 2 N–H and O–H groups in total. The van der Waals surface area contributed by atoms with Gasteiger partial charge in [-0.05, 0) is 37.8 Å². The molecule has 0 aromatic heterocycles. The Morgan fingerprint density at radius 2 is 0.853 bits per heavy atom. The number of ether oxygens (including phenoxy) is 2. The van der Waals surface area contributed by atoms with E-state index in [-0.39, 0.29) is 0 Å². The Balaban J connectivity index is 1.94. The van der Waals surface area contributed by atoms with Crippen LogP contribution in [-0.4, -0.2) is 35.4 Å². The van der Waals surface area contributed by atoms with Gasteiger partial charge in [-0.3, -0.25) is 9.59 Å². The van der Waals surface area contributed by atoms with Gasteiger partial charge in [-0.2, -0.15) is 0 Å². The number of unbranched alkanes of at least 4 members (excludes halogenated alkanes) is 14. The van der Waals surface area contributed by atoms with Gasteiger partial charge in [0.05, 0.1) is 13.2 Å². The lowest BCUT2D eigenvalue weighted by Gasteiger charge is -2.10. The number of aliphatic carboxylic acids is 2. The Kier molecular flexibility index (Phi) is 18.7. The summed E-state index contributed by atoms with van der Waals surface area (Å²) in [6, 6.07) is 7.88. The Morgan fingerprint density at radius 1 is 0.529 bits per heavy atom. The molecule has 0 heterocycles. The summed E-state index contributed by atoms with van der Waals surface area (Å²) in [5, 5.41) is 17.2. The van der Waals surface area contributed by atoms with Gasteiger partial charge < -0.3 is 19.7 Å². The van der Waals surface area contributed by atoms with Gasteiger partial charge in [0.1, 0.15) is 11.5 Å². The van der Waals surface area contributed by atoms with E-state index in [1.165, 1.54) is 38.5 Å². The summed E-state index contributed by atoms with van der Waals surface area (Å²) in [6.45, 7) is 1.44. The normalized spacial score (nSPS) is 10.8. The van der Waals surface area contributed by atoms with E-state index in [4.69, 9.17) is 19.7 Å². The maximum atomic E-state index is 10.5. The number of carbonyl (C=O) groups is 2. The first kappa shape index (κ1) is 29.8. The largest absolute Gasteiger partial charge is 0.493 e. The van der Waals surface area contributed by atoms with E-state index in [1.54, 1.807) is 0 Å². The van der Waals surface area contributed by atoms with E-state index >= 15 is 0 Å². The van der Waals surface area contributed by atoms with Crippen molar-refractivity contribution in [3.8, 4) is 11.5 Å². The van der Waals surface area contributed by atoms with Crippen molar-refractivity contribution in [2.45, 2.75) is 116 Å². The van der Waals surface area contributed by atoms with Crippen molar-refractivity contribution in [1.29, 1.82) is 0 Å². The topological polar surface area (TPSA) is 93.1 Å². The summed E-state index contributed by atoms with van der Waals surface area (Å²) in [6.07, 6.45) is 18.1. The number of hydrogen-bond donors (Lipinski definition) is 2. The average molecular weight is 479 g/mol. The molecule has 0 fully saturated rings. The molecular weight excluding hydrogens is 432 g/mol. The Bertz CT molecular complexity index is 594. The van der Waals surface area contributed by atoms with Gasteiger partial charge >= 0.3 is 11.9 Å². The minimum Gasteiger partial charge on any atom is -0.493 e. The molecule has 0 spiro atoms. The second-order valence-corrected chi connectivity index (χ2v) is 9.12. The molecule has 0 aliphatic carbocycles. The fourth-order valence-corrected chi connectivity index (χ4v) is 3.91. The number of hydrogen-bond acceptors (Lipinski definition) is 4. The van der Waals surface area contributed by atoms with Crippen molar-refractivity contribution in [3.63, 3.8) is 0 Å². The molecule has 34 heavy (non-hydrogen) atoms. The van der Waals surface area contributed by atoms with Crippen LogP contribution in [0.4, 0.5) is 0 Å². The zero-order valence-corrected chi connectivity index (χ0v) is 21.0. The monoisotopic (exact) mass is 478 g/mol. The molecule has 194 valence electrons. The molecule has 0 radical (unpaired) electrons. The summed E-state index contributed by atoms with van der Waals surface area (Å²) in [7, 11) is 0. The second-order valence-electron chi connectivity index (χ2n) is 9.12. The molecule has 6 heteroatoms. The zero-order valence-electron chi connectivity index (χ0n) is 21.0. The highest BCUT2D eigenvalue weighted by molar-refractivity contribution is 5.66. The third kappa shape index (κ3) is 19.2. The molecule has 0 unspecified atom stereocenters. The van der Waals surface area contributed by atoms with Crippen LogP contribution in [0.1, 0.15) is 116 Å². The first-order valence-corrected chi connectivity index (χ1v) is 13.4. The van der Waals surface area contributed by atoms with Gasteiger partial charge in [0, 0.05) is 18.9 Å². The third-order valence-corrected chi connectivity index (χ3v) is 5.91. The fraction of sp³-hybridized carbons (Fsp3) is 0.714. The highest BCUT2D eigenvalue weighted by Crippen LogP contribution is 2.20. The summed E-state index contributed by atoms with van der Waals surface area (Å²) in [5.74, 6) is 0.337. The summed E-state index contributed by atoms with van der Waals surface area (Å²) in [4.78, 5) is 20.9. The molecule has 0 atom stereocenters. The molecule has 1 aromatic rings. The maximum Gasteiger partial charge on any atom is 0.303 e. The quantitative estimate of drug-likeness (QED) is 0.148. The van der Waals surface area contributed by atoms with Crippen LogP contribution < -0.4 is 9.47 Å².